The van der Waals surface area contributed by atoms with Crippen molar-refractivity contribution in [2.75, 3.05) is 13.1 Å². The van der Waals surface area contributed by atoms with Gasteiger partial charge in [-0.05, 0) is 50.0 Å². The number of piperidine rings is 1. The average molecular weight is 454 g/mol. The monoisotopic (exact) mass is 453 g/mol. The van der Waals surface area contributed by atoms with Gasteiger partial charge in [-0.25, -0.2) is 4.79 Å². The number of amides is 4. The first kappa shape index (κ1) is 21.9. The summed E-state index contributed by atoms with van der Waals surface area (Å²) in [4.78, 5) is 52.5. The Bertz CT molecular complexity index is 950. The van der Waals surface area contributed by atoms with E-state index < -0.39 is 23.1 Å². The Morgan fingerprint density at radius 2 is 1.73 bits per heavy atom. The SMILES string of the molecule is O=C1NC(=O)[C@](Cc2ccccc2)(C2CCN(C(=O)[C@@H]3CC(=O)OC34CCCCC4)CC2)N1. The van der Waals surface area contributed by atoms with Crippen LogP contribution in [0, 0.1) is 11.8 Å². The van der Waals surface area contributed by atoms with Crippen LogP contribution in [-0.4, -0.2) is 52.9 Å². The normalized spacial score (nSPS) is 29.6. The molecule has 4 fully saturated rings. The molecule has 5 rings (SSSR count). The summed E-state index contributed by atoms with van der Waals surface area (Å²) in [7, 11) is 0. The number of urea groups is 1. The third-order valence-corrected chi connectivity index (χ3v) is 8.12. The summed E-state index contributed by atoms with van der Waals surface area (Å²) in [6, 6.07) is 9.22. The van der Waals surface area contributed by atoms with Gasteiger partial charge in [0.1, 0.15) is 11.1 Å². The number of rotatable bonds is 4. The highest BCUT2D eigenvalue weighted by atomic mass is 16.6. The quantitative estimate of drug-likeness (QED) is 0.538. The molecule has 8 heteroatoms. The maximum Gasteiger partial charge on any atom is 0.322 e. The Morgan fingerprint density at radius 1 is 1.03 bits per heavy atom. The van der Waals surface area contributed by atoms with Gasteiger partial charge in [0.2, 0.25) is 5.91 Å². The minimum absolute atomic E-state index is 0.00165. The molecule has 3 heterocycles. The predicted octanol–water partition coefficient (Wildman–Crippen LogP) is 2.31. The fraction of sp³-hybridized carbons (Fsp3) is 0.600. The van der Waals surface area contributed by atoms with Crippen LogP contribution in [0.2, 0.25) is 0 Å². The number of nitrogens with zero attached hydrogens (tertiary/aromatic N) is 1. The van der Waals surface area contributed by atoms with Crippen molar-refractivity contribution < 1.29 is 23.9 Å². The lowest BCUT2D eigenvalue weighted by Gasteiger charge is -2.43. The summed E-state index contributed by atoms with van der Waals surface area (Å²) in [5, 5.41) is 5.34. The number of carbonyl (C=O) groups excluding carboxylic acids is 4. The minimum Gasteiger partial charge on any atom is -0.458 e. The van der Waals surface area contributed by atoms with Crippen LogP contribution < -0.4 is 10.6 Å². The number of carbonyl (C=O) groups is 4. The molecule has 4 amide bonds. The molecule has 0 aromatic heterocycles. The van der Waals surface area contributed by atoms with Crippen molar-refractivity contribution >= 4 is 23.8 Å². The molecule has 8 nitrogen and oxygen atoms in total. The molecule has 2 atom stereocenters. The molecule has 0 unspecified atom stereocenters. The lowest BCUT2D eigenvalue weighted by Crippen LogP contribution is -2.58. The van der Waals surface area contributed by atoms with Crippen molar-refractivity contribution in [2.45, 2.75) is 68.9 Å². The van der Waals surface area contributed by atoms with Gasteiger partial charge in [-0.2, -0.15) is 0 Å². The zero-order valence-corrected chi connectivity index (χ0v) is 18.8. The molecule has 2 N–H and O–H groups in total. The molecule has 33 heavy (non-hydrogen) atoms. The number of esters is 1. The van der Waals surface area contributed by atoms with Gasteiger partial charge in [0.05, 0.1) is 12.3 Å². The number of imide groups is 1. The van der Waals surface area contributed by atoms with E-state index in [0.29, 0.717) is 32.4 Å². The number of ether oxygens (including phenoxy) is 1. The maximum absolute atomic E-state index is 13.5. The molecule has 1 aromatic rings. The smallest absolute Gasteiger partial charge is 0.322 e. The second-order valence-electron chi connectivity index (χ2n) is 10.00. The van der Waals surface area contributed by atoms with Gasteiger partial charge < -0.3 is 15.0 Å². The second-order valence-corrected chi connectivity index (χ2v) is 10.00. The van der Waals surface area contributed by atoms with Crippen LogP contribution >= 0.6 is 0 Å². The van der Waals surface area contributed by atoms with Gasteiger partial charge in [-0.1, -0.05) is 36.8 Å². The van der Waals surface area contributed by atoms with Crippen LogP contribution in [0.4, 0.5) is 4.79 Å². The number of nitrogens with one attached hydrogen (secondary N) is 2. The van der Waals surface area contributed by atoms with Crippen molar-refractivity contribution in [2.24, 2.45) is 11.8 Å². The molecule has 1 spiro atoms. The van der Waals surface area contributed by atoms with Crippen LogP contribution in [0.1, 0.15) is 56.9 Å². The molecule has 0 bridgehead atoms. The Kier molecular flexibility index (Phi) is 5.62. The topological polar surface area (TPSA) is 105 Å². The summed E-state index contributed by atoms with van der Waals surface area (Å²) in [5.74, 6) is -1.06. The van der Waals surface area contributed by atoms with Gasteiger partial charge in [0, 0.05) is 19.5 Å². The summed E-state index contributed by atoms with van der Waals surface area (Å²) in [6.07, 6.45) is 6.40. The van der Waals surface area contributed by atoms with Crippen molar-refractivity contribution in [3.63, 3.8) is 0 Å². The van der Waals surface area contributed by atoms with Gasteiger partial charge in [0.15, 0.2) is 0 Å². The third kappa shape index (κ3) is 3.89. The Labute approximate surface area is 193 Å². The van der Waals surface area contributed by atoms with E-state index >= 15 is 0 Å². The maximum atomic E-state index is 13.5. The molecule has 1 saturated carbocycles. The zero-order valence-electron chi connectivity index (χ0n) is 18.8. The Balaban J connectivity index is 1.30. The van der Waals surface area contributed by atoms with E-state index in [1.54, 1.807) is 0 Å². The summed E-state index contributed by atoms with van der Waals surface area (Å²) < 4.78 is 5.74. The molecule has 1 aromatic carbocycles. The van der Waals surface area contributed by atoms with E-state index in [9.17, 15) is 19.2 Å². The van der Waals surface area contributed by atoms with Crippen molar-refractivity contribution in [1.82, 2.24) is 15.5 Å². The number of hydrogen-bond donors (Lipinski definition) is 2. The van der Waals surface area contributed by atoms with E-state index in [-0.39, 0.29) is 30.1 Å². The van der Waals surface area contributed by atoms with Gasteiger partial charge in [-0.3, -0.25) is 19.7 Å². The second kappa shape index (κ2) is 8.47. The fourth-order valence-electron chi connectivity index (χ4n) is 6.40. The number of hydrogen-bond acceptors (Lipinski definition) is 5. The predicted molar refractivity (Wildman–Crippen MR) is 119 cm³/mol. The van der Waals surface area contributed by atoms with Crippen LogP contribution in [0.5, 0.6) is 0 Å². The zero-order chi connectivity index (χ0) is 23.1. The minimum atomic E-state index is -1.01. The highest BCUT2D eigenvalue weighted by molar-refractivity contribution is 6.07. The molecule has 176 valence electrons. The van der Waals surface area contributed by atoms with Gasteiger partial charge in [-0.15, -0.1) is 0 Å². The summed E-state index contributed by atoms with van der Waals surface area (Å²) in [5.41, 5.74) is -0.656. The van der Waals surface area contributed by atoms with E-state index in [4.69, 9.17) is 4.74 Å². The van der Waals surface area contributed by atoms with Crippen molar-refractivity contribution in [1.29, 1.82) is 0 Å². The van der Waals surface area contributed by atoms with E-state index in [2.05, 4.69) is 10.6 Å². The third-order valence-electron chi connectivity index (χ3n) is 8.12. The number of likely N-dealkylation sites (tertiary alicyclic amines) is 1. The highest BCUT2D eigenvalue weighted by Gasteiger charge is 2.56. The lowest BCUT2D eigenvalue weighted by atomic mass is 9.73. The first-order valence-corrected chi connectivity index (χ1v) is 12.1. The van der Waals surface area contributed by atoms with Crippen molar-refractivity contribution in [3.8, 4) is 0 Å². The van der Waals surface area contributed by atoms with Gasteiger partial charge in [0.25, 0.3) is 5.91 Å². The van der Waals surface area contributed by atoms with Crippen LogP contribution in [-0.2, 0) is 25.5 Å². The Hall–Kier alpha value is -2.90. The van der Waals surface area contributed by atoms with Gasteiger partial charge >= 0.3 is 12.0 Å². The molecular weight excluding hydrogens is 422 g/mol. The Morgan fingerprint density at radius 3 is 2.36 bits per heavy atom. The molecule has 0 radical (unpaired) electrons. The highest BCUT2D eigenvalue weighted by Crippen LogP contribution is 2.45. The molecule has 3 aliphatic heterocycles. The largest absolute Gasteiger partial charge is 0.458 e. The van der Waals surface area contributed by atoms with Crippen molar-refractivity contribution in [3.05, 3.63) is 35.9 Å². The molecule has 4 aliphatic rings. The average Bonchev–Trinajstić information content (AvgIpc) is 3.29. The standard InChI is InChI=1S/C25H31N3O5/c29-20-15-19(24(33-20)11-5-2-6-12-24)21(30)28-13-9-18(10-14-28)25(22(31)26-23(32)27-25)16-17-7-3-1-4-8-17/h1,3-4,7-8,18-19H,2,5-6,9-16H2,(H2,26,27,31,32)/t19-,25-/m0/s1. The first-order valence-electron chi connectivity index (χ1n) is 12.1. The lowest BCUT2D eigenvalue weighted by molar-refractivity contribution is -0.156. The van der Waals surface area contributed by atoms with E-state index in [0.717, 1.165) is 37.7 Å². The van der Waals surface area contributed by atoms with Crippen LogP contribution in [0.3, 0.4) is 0 Å². The van der Waals surface area contributed by atoms with E-state index in [1.807, 2.05) is 35.2 Å². The summed E-state index contributed by atoms with van der Waals surface area (Å²) in [6.45, 7) is 1.01. The first-order chi connectivity index (χ1) is 15.9. The van der Waals surface area contributed by atoms with E-state index in [1.165, 1.54) is 0 Å². The fourth-order valence-corrected chi connectivity index (χ4v) is 6.40. The number of benzene rings is 1. The van der Waals surface area contributed by atoms with Crippen LogP contribution in [0.15, 0.2) is 30.3 Å². The molecule has 1 aliphatic carbocycles. The molecular formula is C25H31N3O5. The van der Waals surface area contributed by atoms with Crippen LogP contribution in [0.25, 0.3) is 0 Å². The summed E-state index contributed by atoms with van der Waals surface area (Å²) >= 11 is 0. The molecule has 3 saturated heterocycles.